The van der Waals surface area contributed by atoms with Crippen molar-refractivity contribution >= 4 is 27.3 Å². The predicted molar refractivity (Wildman–Crippen MR) is 54.0 cm³/mol. The zero-order valence-electron chi connectivity index (χ0n) is 6.62. The van der Waals surface area contributed by atoms with Crippen LogP contribution < -0.4 is 4.87 Å². The van der Waals surface area contributed by atoms with Crippen molar-refractivity contribution < 1.29 is 0 Å². The minimum Gasteiger partial charge on any atom is -0.305 e. The molecule has 66 valence electrons. The van der Waals surface area contributed by atoms with Crippen LogP contribution in [0.3, 0.4) is 0 Å². The maximum Gasteiger partial charge on any atom is 0.307 e. The fraction of sp³-hybridized carbons (Fsp3) is 0.625. The summed E-state index contributed by atoms with van der Waals surface area (Å²) in [6.07, 6.45) is 4.39. The van der Waals surface area contributed by atoms with Gasteiger partial charge in [0.2, 0.25) is 0 Å². The predicted octanol–water partition coefficient (Wildman–Crippen LogP) is 2.08. The van der Waals surface area contributed by atoms with Crippen LogP contribution in [0.5, 0.6) is 0 Å². The van der Waals surface area contributed by atoms with Crippen LogP contribution in [-0.4, -0.2) is 9.90 Å². The molecular formula is C8H10BrNOS. The van der Waals surface area contributed by atoms with Gasteiger partial charge in [-0.15, -0.1) is 0 Å². The van der Waals surface area contributed by atoms with E-state index in [0.717, 1.165) is 11.9 Å². The van der Waals surface area contributed by atoms with E-state index >= 15 is 0 Å². The van der Waals surface area contributed by atoms with E-state index in [1.165, 1.54) is 24.2 Å². The number of halogens is 1. The summed E-state index contributed by atoms with van der Waals surface area (Å²) in [4.78, 5) is 11.4. The molecule has 0 atom stereocenters. The van der Waals surface area contributed by atoms with Gasteiger partial charge >= 0.3 is 4.87 Å². The standard InChI is InChI=1S/C8H10BrNOS/c9-5-8(1-2-8)6-10-3-4-12-7(10)11/h3-4H,1-2,5-6H2. The van der Waals surface area contributed by atoms with Crippen LogP contribution >= 0.6 is 27.3 Å². The summed E-state index contributed by atoms with van der Waals surface area (Å²) in [5, 5.41) is 2.87. The lowest BCUT2D eigenvalue weighted by Gasteiger charge is -2.10. The summed E-state index contributed by atoms with van der Waals surface area (Å²) in [5.74, 6) is 0. The van der Waals surface area contributed by atoms with Gasteiger partial charge in [-0.05, 0) is 18.3 Å². The van der Waals surface area contributed by atoms with E-state index in [1.54, 1.807) is 0 Å². The summed E-state index contributed by atoms with van der Waals surface area (Å²) in [7, 11) is 0. The molecule has 1 fully saturated rings. The Labute approximate surface area is 83.3 Å². The molecule has 0 radical (unpaired) electrons. The van der Waals surface area contributed by atoms with Crippen LogP contribution in [0.2, 0.25) is 0 Å². The molecule has 1 heterocycles. The van der Waals surface area contributed by atoms with E-state index < -0.39 is 0 Å². The lowest BCUT2D eigenvalue weighted by atomic mass is 10.1. The number of thiazole rings is 1. The van der Waals surface area contributed by atoms with Crippen molar-refractivity contribution in [3.63, 3.8) is 0 Å². The quantitative estimate of drug-likeness (QED) is 0.751. The monoisotopic (exact) mass is 247 g/mol. The molecule has 1 aliphatic carbocycles. The number of alkyl halides is 1. The molecule has 2 nitrogen and oxygen atoms in total. The van der Waals surface area contributed by atoms with E-state index in [1.807, 2.05) is 16.1 Å². The lowest BCUT2D eigenvalue weighted by molar-refractivity contribution is 0.471. The average molecular weight is 248 g/mol. The van der Waals surface area contributed by atoms with Crippen molar-refractivity contribution in [2.45, 2.75) is 19.4 Å². The number of rotatable bonds is 3. The Hall–Kier alpha value is -0.0900. The molecule has 1 aliphatic rings. The Bertz CT molecular complexity index is 326. The summed E-state index contributed by atoms with van der Waals surface area (Å²) >= 11 is 4.77. The van der Waals surface area contributed by atoms with E-state index in [9.17, 15) is 4.79 Å². The highest BCUT2D eigenvalue weighted by Crippen LogP contribution is 2.48. The number of aromatic nitrogens is 1. The first kappa shape index (κ1) is 8.51. The van der Waals surface area contributed by atoms with Gasteiger partial charge < -0.3 is 4.57 Å². The highest BCUT2D eigenvalue weighted by molar-refractivity contribution is 9.09. The molecule has 0 bridgehead atoms. The molecular weight excluding hydrogens is 238 g/mol. The molecule has 0 unspecified atom stereocenters. The van der Waals surface area contributed by atoms with Crippen LogP contribution in [0.1, 0.15) is 12.8 Å². The maximum atomic E-state index is 11.2. The van der Waals surface area contributed by atoms with Crippen LogP contribution in [0, 0.1) is 5.41 Å². The van der Waals surface area contributed by atoms with Gasteiger partial charge in [0.05, 0.1) is 0 Å². The largest absolute Gasteiger partial charge is 0.307 e. The Kier molecular flexibility index (Phi) is 2.12. The van der Waals surface area contributed by atoms with Gasteiger partial charge in [-0.3, -0.25) is 4.79 Å². The normalized spacial score (nSPS) is 19.4. The first-order valence-corrected chi connectivity index (χ1v) is 5.96. The molecule has 0 N–H and O–H groups in total. The molecule has 2 rings (SSSR count). The molecule has 0 aliphatic heterocycles. The Morgan fingerprint density at radius 1 is 1.67 bits per heavy atom. The van der Waals surface area contributed by atoms with Crippen molar-refractivity contribution in [1.29, 1.82) is 0 Å². The van der Waals surface area contributed by atoms with Crippen molar-refractivity contribution in [3.05, 3.63) is 21.2 Å². The van der Waals surface area contributed by atoms with E-state index in [2.05, 4.69) is 15.9 Å². The highest BCUT2D eigenvalue weighted by atomic mass is 79.9. The van der Waals surface area contributed by atoms with Gasteiger partial charge in [0, 0.05) is 23.5 Å². The number of hydrogen-bond acceptors (Lipinski definition) is 2. The zero-order valence-corrected chi connectivity index (χ0v) is 9.03. The SMILES string of the molecule is O=c1sccn1CC1(CBr)CC1. The maximum absolute atomic E-state index is 11.2. The highest BCUT2D eigenvalue weighted by Gasteiger charge is 2.41. The minimum atomic E-state index is 0.169. The molecule has 4 heteroatoms. The van der Waals surface area contributed by atoms with Gasteiger partial charge in [0.25, 0.3) is 0 Å². The second kappa shape index (κ2) is 3.00. The Morgan fingerprint density at radius 3 is 2.83 bits per heavy atom. The third-order valence-electron chi connectivity index (χ3n) is 2.39. The van der Waals surface area contributed by atoms with Crippen LogP contribution in [0.4, 0.5) is 0 Å². The van der Waals surface area contributed by atoms with Gasteiger partial charge in [-0.1, -0.05) is 27.3 Å². The third kappa shape index (κ3) is 1.50. The van der Waals surface area contributed by atoms with Crippen LogP contribution in [-0.2, 0) is 6.54 Å². The van der Waals surface area contributed by atoms with Gasteiger partial charge in [0.15, 0.2) is 0 Å². The van der Waals surface area contributed by atoms with Crippen molar-refractivity contribution in [2.75, 3.05) is 5.33 Å². The third-order valence-corrected chi connectivity index (χ3v) is 4.27. The molecule has 12 heavy (non-hydrogen) atoms. The van der Waals surface area contributed by atoms with Crippen molar-refractivity contribution in [1.82, 2.24) is 4.57 Å². The number of hydrogen-bond donors (Lipinski definition) is 0. The smallest absolute Gasteiger partial charge is 0.305 e. The topological polar surface area (TPSA) is 22.0 Å². The van der Waals surface area contributed by atoms with Crippen molar-refractivity contribution in [3.8, 4) is 0 Å². The second-order valence-corrected chi connectivity index (χ2v) is 4.85. The molecule has 0 saturated heterocycles. The molecule has 0 spiro atoms. The summed E-state index contributed by atoms with van der Waals surface area (Å²) in [6, 6.07) is 0. The van der Waals surface area contributed by atoms with Gasteiger partial charge in [-0.2, -0.15) is 0 Å². The van der Waals surface area contributed by atoms with Crippen LogP contribution in [0.15, 0.2) is 16.4 Å². The number of nitrogens with zero attached hydrogens (tertiary/aromatic N) is 1. The summed E-state index contributed by atoms with van der Waals surface area (Å²) in [6.45, 7) is 0.889. The Morgan fingerprint density at radius 2 is 2.42 bits per heavy atom. The first-order chi connectivity index (χ1) is 5.76. The fourth-order valence-electron chi connectivity index (χ4n) is 1.28. The van der Waals surface area contributed by atoms with E-state index in [4.69, 9.17) is 0 Å². The zero-order chi connectivity index (χ0) is 8.60. The molecule has 1 aromatic heterocycles. The molecule has 1 aromatic rings. The van der Waals surface area contributed by atoms with Crippen LogP contribution in [0.25, 0.3) is 0 Å². The van der Waals surface area contributed by atoms with Gasteiger partial charge in [0.1, 0.15) is 0 Å². The Balaban J connectivity index is 2.14. The lowest BCUT2D eigenvalue weighted by Crippen LogP contribution is -2.20. The minimum absolute atomic E-state index is 0.169. The van der Waals surface area contributed by atoms with Gasteiger partial charge in [-0.25, -0.2) is 0 Å². The molecule has 1 saturated carbocycles. The fourth-order valence-corrected chi connectivity index (χ4v) is 2.60. The second-order valence-electron chi connectivity index (χ2n) is 3.43. The van der Waals surface area contributed by atoms with E-state index in [-0.39, 0.29) is 4.87 Å². The average Bonchev–Trinajstić information content (AvgIpc) is 2.74. The summed E-state index contributed by atoms with van der Waals surface area (Å²) in [5.41, 5.74) is 0.394. The van der Waals surface area contributed by atoms with Crippen molar-refractivity contribution in [2.24, 2.45) is 5.41 Å². The molecule has 0 amide bonds. The van der Waals surface area contributed by atoms with E-state index in [0.29, 0.717) is 5.41 Å². The first-order valence-electron chi connectivity index (χ1n) is 3.96. The summed E-state index contributed by atoms with van der Waals surface area (Å²) < 4.78 is 1.82. The molecule has 0 aromatic carbocycles.